The summed E-state index contributed by atoms with van der Waals surface area (Å²) in [6.45, 7) is 4.79. The number of carboxylic acid groups (broad SMARTS) is 1. The predicted molar refractivity (Wildman–Crippen MR) is 532 cm³/mol. The molecule has 15 amide bonds. The van der Waals surface area contributed by atoms with Gasteiger partial charge >= 0.3 is 5.97 Å². The number of pyridine rings is 1. The Morgan fingerprint density at radius 3 is 1.51 bits per heavy atom. The molecule has 1 fully saturated rings. The van der Waals surface area contributed by atoms with Crippen LogP contribution >= 0.6 is 0 Å². The van der Waals surface area contributed by atoms with Crippen molar-refractivity contribution in [1.29, 1.82) is 5.41 Å². The van der Waals surface area contributed by atoms with E-state index in [2.05, 4.69) is 91.3 Å². The molecule has 0 spiro atoms. The van der Waals surface area contributed by atoms with Crippen molar-refractivity contribution >= 4 is 111 Å². The first-order valence-electron chi connectivity index (χ1n) is 49.9. The highest BCUT2D eigenvalue weighted by Crippen LogP contribution is 2.24. The molecular formula is C100H151N21O22. The van der Waals surface area contributed by atoms with Crippen LogP contribution < -0.4 is 91.6 Å². The number of aromatic amines is 1. The molecule has 6 rings (SSSR count). The van der Waals surface area contributed by atoms with E-state index in [0.717, 1.165) is 25.7 Å². The lowest BCUT2D eigenvalue weighted by Crippen LogP contribution is -2.61. The van der Waals surface area contributed by atoms with Gasteiger partial charge in [-0.3, -0.25) is 87.1 Å². The van der Waals surface area contributed by atoms with Gasteiger partial charge in [-0.2, -0.15) is 0 Å². The number of aliphatic hydroxyl groups excluding tert-OH is 2. The fraction of sp³-hybridized carbons (Fsp3) is 0.580. The monoisotopic (exact) mass is 2000 g/mol. The van der Waals surface area contributed by atoms with Crippen LogP contribution in [0.15, 0.2) is 110 Å². The number of primary amides is 1. The molecule has 5 aromatic rings. The number of nitrogens with one attached hydrogen (secondary N) is 16. The molecule has 1 aliphatic rings. The summed E-state index contributed by atoms with van der Waals surface area (Å²) in [5, 5.41) is 86.2. The molecule has 3 aromatic carbocycles. The van der Waals surface area contributed by atoms with Gasteiger partial charge in [-0.05, 0) is 123 Å². The van der Waals surface area contributed by atoms with Gasteiger partial charge in [-0.1, -0.05) is 184 Å². The molecular weight excluding hydrogens is 1850 g/mol. The molecule has 26 N–H and O–H groups in total. The standard InChI is InChI=1S/C100H151N21O22/c1-5-7-9-10-11-12-13-14-15-16-17-18-22-39-83(125)106-49-51-142-52-53-143-63-85(127)111-80(61-122)96(138)117-77(55-66-40-42-69(124)43-41-66)95(137)119-81(62-123)97(139)113-72(34-8-6-2)90(132)114-74(44-45-86(128)129)92(134)115-78(56-67-32-27-47-105-58-67)94(136)116-76(54-65-30-20-19-21-31-65)93(135)112-73(37-28-48-107-100(103)104)91(133)118-79(57-68-59-108-71-35-24-23-33-70(68)71)89(131)109-60-84(126)110-75(36-25-26-46-101)99(141)121-50-29-38-82(121)98(140)120-87(64(3)4)88(102)130/h19-21,23-24,27,30-33,35,40-43,47,58-59,64,72-82,87,108,122-124H,5-18,22,25-26,28-29,34,36-39,44-46,48-57,60-63,101H2,1-4H3,(H2,102,130)(H,106,125)(H,109,131)(H,110,126)(H,111,127)(H,112,135)(H,113,139)(H,114,132)(H,115,134)(H,116,136)(H,117,138)(H,118,133)(H,119,137)(H,120,140)(H,128,129)(H4,103,104,107)/t72-,73-,74-,75-,76+,77?,78+,79-,80-,81-,82-,87-/m0/s1. The normalized spacial score (nSPS) is 14.6. The van der Waals surface area contributed by atoms with Crippen LogP contribution in [0.3, 0.4) is 0 Å². The van der Waals surface area contributed by atoms with Gasteiger partial charge in [0.15, 0.2) is 5.96 Å². The third-order valence-electron chi connectivity index (χ3n) is 24.3. The second-order valence-corrected chi connectivity index (χ2v) is 36.2. The van der Waals surface area contributed by atoms with E-state index in [1.165, 1.54) is 105 Å². The Balaban J connectivity index is 1.15. The molecule has 3 heterocycles. The summed E-state index contributed by atoms with van der Waals surface area (Å²) < 4.78 is 11.0. The van der Waals surface area contributed by atoms with E-state index >= 15 is 19.2 Å². The summed E-state index contributed by atoms with van der Waals surface area (Å²) in [6.07, 6.45) is 19.7. The minimum Gasteiger partial charge on any atom is -0.508 e. The van der Waals surface area contributed by atoms with Gasteiger partial charge in [-0.15, -0.1) is 0 Å². The molecule has 12 atom stereocenters. The number of aromatic hydroxyl groups is 1. The number of aliphatic hydroxyl groups is 2. The first-order chi connectivity index (χ1) is 68.8. The maximum atomic E-state index is 15.3. The SMILES string of the molecule is CCCCCCCCCCCCCCCC(=O)NCCOCCOCC(=O)N[C@@H](CO)C(=O)NC(Cc1ccc(O)cc1)C(=O)N[C@@H](CO)C(=O)N[C@@H](CCCC)C(=O)N[C@@H](CCC(=O)O)C(=O)N[C@H](Cc1cccnc1)C(=O)N[C@H](Cc1ccccc1)C(=O)N[C@@H](CCCNC(=N)N)C(=O)N[C@@H](Cc1c[nH]c2ccccc12)C(=O)NCC(=O)N[C@@H](CCCCN)C(=O)N1CCC[C@H]1C(=O)N[C@H](C(N)=O)C(C)C. The van der Waals surface area contributed by atoms with Crippen molar-refractivity contribution in [2.45, 2.75) is 293 Å². The number of ether oxygens (including phenoxy) is 2. The van der Waals surface area contributed by atoms with E-state index in [1.807, 2.05) is 0 Å². The molecule has 0 aliphatic carbocycles. The largest absolute Gasteiger partial charge is 0.508 e. The van der Waals surface area contributed by atoms with Gasteiger partial charge in [0.25, 0.3) is 0 Å². The molecule has 788 valence electrons. The lowest BCUT2D eigenvalue weighted by molar-refractivity contribution is -0.142. The Hall–Kier alpha value is -13.3. The Kier molecular flexibility index (Phi) is 55.1. The van der Waals surface area contributed by atoms with Crippen LogP contribution in [0.5, 0.6) is 5.75 Å². The van der Waals surface area contributed by atoms with Gasteiger partial charge in [0.1, 0.15) is 84.9 Å². The van der Waals surface area contributed by atoms with Crippen LogP contribution in [0.1, 0.15) is 217 Å². The fourth-order valence-electron chi connectivity index (χ4n) is 16.3. The zero-order valence-electron chi connectivity index (χ0n) is 82.7. The van der Waals surface area contributed by atoms with E-state index in [-0.39, 0.29) is 128 Å². The number of phenolic OH excluding ortho intramolecular Hbond substituents is 1. The van der Waals surface area contributed by atoms with Crippen molar-refractivity contribution < 1.29 is 107 Å². The number of nitrogens with zero attached hydrogens (tertiary/aromatic N) is 2. The maximum absolute atomic E-state index is 15.3. The number of carbonyl (C=O) groups is 16. The number of phenols is 1. The number of aromatic nitrogens is 2. The number of unbranched alkanes of at least 4 members (excludes halogenated alkanes) is 14. The zero-order chi connectivity index (χ0) is 104. The second kappa shape index (κ2) is 66.5. The minimum absolute atomic E-state index is 0.0121. The maximum Gasteiger partial charge on any atom is 0.303 e. The van der Waals surface area contributed by atoms with Crippen LogP contribution in [0, 0.1) is 11.3 Å². The summed E-state index contributed by atoms with van der Waals surface area (Å²) in [7, 11) is 0. The number of fused-ring (bicyclic) bond motifs is 1. The van der Waals surface area contributed by atoms with Crippen molar-refractivity contribution in [3.05, 3.63) is 132 Å². The number of aliphatic carboxylic acids is 1. The van der Waals surface area contributed by atoms with Gasteiger partial charge in [0.05, 0.1) is 39.6 Å². The number of likely N-dealkylation sites (tertiary alicyclic amines) is 1. The number of carbonyl (C=O) groups excluding carboxylic acids is 15. The summed E-state index contributed by atoms with van der Waals surface area (Å²) in [4.78, 5) is 234. The summed E-state index contributed by atoms with van der Waals surface area (Å²) in [5.41, 5.74) is 19.4. The van der Waals surface area contributed by atoms with Gasteiger partial charge in [-0.25, -0.2) is 0 Å². The quantitative estimate of drug-likeness (QED) is 0.0148. The first-order valence-corrected chi connectivity index (χ1v) is 49.9. The second-order valence-electron chi connectivity index (χ2n) is 36.2. The summed E-state index contributed by atoms with van der Waals surface area (Å²) in [6, 6.07) is 5.67. The highest BCUT2D eigenvalue weighted by molar-refractivity contribution is 6.01. The molecule has 143 heavy (non-hydrogen) atoms. The lowest BCUT2D eigenvalue weighted by Gasteiger charge is -2.30. The lowest BCUT2D eigenvalue weighted by atomic mass is 10.0. The minimum atomic E-state index is -1.88. The van der Waals surface area contributed by atoms with E-state index < -0.39 is 206 Å². The van der Waals surface area contributed by atoms with Crippen LogP contribution in [0.2, 0.25) is 0 Å². The Bertz CT molecular complexity index is 4840. The topological polar surface area (TPSA) is 675 Å². The Labute approximate surface area is 834 Å². The van der Waals surface area contributed by atoms with E-state index in [9.17, 15) is 78.0 Å². The van der Waals surface area contributed by atoms with Crippen LogP contribution in [-0.2, 0) is 112 Å². The van der Waals surface area contributed by atoms with Crippen LogP contribution in [0.4, 0.5) is 0 Å². The third-order valence-corrected chi connectivity index (χ3v) is 24.3. The van der Waals surface area contributed by atoms with E-state index in [1.54, 1.807) is 87.6 Å². The number of hydrogen-bond acceptors (Lipinski definition) is 24. The summed E-state index contributed by atoms with van der Waals surface area (Å²) >= 11 is 0. The number of guanidine groups is 1. The molecule has 1 aliphatic heterocycles. The fourth-order valence-corrected chi connectivity index (χ4v) is 16.3. The number of amides is 15. The summed E-state index contributed by atoms with van der Waals surface area (Å²) in [5.74, 6) is -15.5. The van der Waals surface area contributed by atoms with Gasteiger partial charge < -0.3 is 131 Å². The average Bonchev–Trinajstić information content (AvgIpc) is 1.71. The van der Waals surface area contributed by atoms with Crippen molar-refractivity contribution in [2.75, 3.05) is 72.4 Å². The Morgan fingerprint density at radius 2 is 0.958 bits per heavy atom. The van der Waals surface area contributed by atoms with Crippen molar-refractivity contribution in [2.24, 2.45) is 23.1 Å². The predicted octanol–water partition coefficient (Wildman–Crippen LogP) is 1.18. The number of H-pyrrole nitrogens is 1. The molecule has 1 unspecified atom stereocenters. The van der Waals surface area contributed by atoms with Gasteiger partial charge in [0.2, 0.25) is 88.6 Å². The molecule has 43 heteroatoms. The molecule has 1 saturated heterocycles. The number of hydrogen-bond donors (Lipinski definition) is 23. The highest BCUT2D eigenvalue weighted by Gasteiger charge is 2.41. The Morgan fingerprint density at radius 1 is 0.469 bits per heavy atom. The number of benzene rings is 3. The van der Waals surface area contributed by atoms with Gasteiger partial charge in [0, 0.05) is 87.7 Å². The molecule has 0 bridgehead atoms. The smallest absolute Gasteiger partial charge is 0.303 e. The molecule has 0 saturated carbocycles. The molecule has 0 radical (unpaired) electrons. The number of para-hydroxylation sites is 1. The van der Waals surface area contributed by atoms with Crippen molar-refractivity contribution in [1.82, 2.24) is 89.3 Å². The molecule has 43 nitrogen and oxygen atoms in total. The zero-order valence-corrected chi connectivity index (χ0v) is 82.7. The van der Waals surface area contributed by atoms with Crippen molar-refractivity contribution in [3.63, 3.8) is 0 Å². The first kappa shape index (κ1) is 118. The van der Waals surface area contributed by atoms with E-state index in [4.69, 9.17) is 32.1 Å². The van der Waals surface area contributed by atoms with Crippen LogP contribution in [-0.4, -0.2) is 281 Å². The van der Waals surface area contributed by atoms with Crippen molar-refractivity contribution in [3.8, 4) is 5.75 Å². The molecule has 2 aromatic heterocycles. The highest BCUT2D eigenvalue weighted by atomic mass is 16.5. The number of carboxylic acids is 1. The average molecular weight is 2000 g/mol. The van der Waals surface area contributed by atoms with E-state index in [0.29, 0.717) is 65.3 Å². The van der Waals surface area contributed by atoms with Crippen LogP contribution in [0.25, 0.3) is 10.9 Å². The third kappa shape index (κ3) is 44.8. The number of rotatable bonds is 72. The number of nitrogens with two attached hydrogens (primary N) is 3.